The SMILES string of the molecule is C#C/C=C\C(=C/Cc1ccc2c(n1)C(/N=C\C)=C(C=C)CC=C2)c1ccc2ccc3cccnc3c2n1. The summed E-state index contributed by atoms with van der Waals surface area (Å²) in [5.74, 6) is 2.60. The minimum absolute atomic E-state index is 0.612. The molecule has 0 saturated carbocycles. The largest absolute Gasteiger partial charge is 0.259 e. The topological polar surface area (TPSA) is 51.0 Å². The molecule has 1 aromatic carbocycles. The summed E-state index contributed by atoms with van der Waals surface area (Å²) in [6.07, 6.45) is 22.4. The third-order valence-corrected chi connectivity index (χ3v) is 6.27. The van der Waals surface area contributed by atoms with Gasteiger partial charge in [0.2, 0.25) is 0 Å². The van der Waals surface area contributed by atoms with E-state index in [1.54, 1.807) is 18.5 Å². The van der Waals surface area contributed by atoms with Crippen molar-refractivity contribution < 1.29 is 0 Å². The number of nitrogens with zero attached hydrogens (tertiary/aromatic N) is 4. The van der Waals surface area contributed by atoms with Crippen LogP contribution in [0.25, 0.3) is 39.2 Å². The Bertz CT molecular complexity index is 1710. The first-order chi connectivity index (χ1) is 18.2. The number of allylic oxidation sites excluding steroid dienone is 7. The first-order valence-corrected chi connectivity index (χ1v) is 12.2. The van der Waals surface area contributed by atoms with Gasteiger partial charge in [0.15, 0.2) is 0 Å². The van der Waals surface area contributed by atoms with Gasteiger partial charge in [-0.15, -0.1) is 6.42 Å². The molecule has 0 unspecified atom stereocenters. The molecule has 5 rings (SSSR count). The minimum atomic E-state index is 0.612. The molecule has 0 atom stereocenters. The third kappa shape index (κ3) is 4.94. The zero-order valence-electron chi connectivity index (χ0n) is 20.7. The van der Waals surface area contributed by atoms with E-state index in [0.29, 0.717) is 6.42 Å². The van der Waals surface area contributed by atoms with E-state index < -0.39 is 0 Å². The Kier molecular flexibility index (Phi) is 6.96. The molecule has 0 spiro atoms. The molecule has 0 fully saturated rings. The van der Waals surface area contributed by atoms with E-state index in [-0.39, 0.29) is 0 Å². The summed E-state index contributed by atoms with van der Waals surface area (Å²) >= 11 is 0. The molecular weight excluding hydrogens is 452 g/mol. The Morgan fingerprint density at radius 1 is 1.08 bits per heavy atom. The van der Waals surface area contributed by atoms with Crippen LogP contribution in [0, 0.1) is 12.3 Å². The number of rotatable bonds is 6. The first-order valence-electron chi connectivity index (χ1n) is 12.2. The molecule has 0 amide bonds. The number of pyridine rings is 3. The summed E-state index contributed by atoms with van der Waals surface area (Å²) in [7, 11) is 0. The van der Waals surface area contributed by atoms with E-state index in [1.165, 1.54) is 0 Å². The van der Waals surface area contributed by atoms with Crippen molar-refractivity contribution in [3.05, 3.63) is 120 Å². The molecule has 0 N–H and O–H groups in total. The molecule has 3 heterocycles. The molecule has 1 aliphatic carbocycles. The van der Waals surface area contributed by atoms with Gasteiger partial charge in [0.05, 0.1) is 28.1 Å². The van der Waals surface area contributed by atoms with Crippen molar-refractivity contribution in [2.75, 3.05) is 0 Å². The van der Waals surface area contributed by atoms with Gasteiger partial charge in [-0.2, -0.15) is 0 Å². The van der Waals surface area contributed by atoms with E-state index >= 15 is 0 Å². The maximum absolute atomic E-state index is 5.55. The molecule has 4 nitrogen and oxygen atoms in total. The Balaban J connectivity index is 1.56. The molecule has 37 heavy (non-hydrogen) atoms. The maximum Gasteiger partial charge on any atom is 0.0972 e. The van der Waals surface area contributed by atoms with E-state index in [4.69, 9.17) is 16.4 Å². The Labute approximate surface area is 217 Å². The highest BCUT2D eigenvalue weighted by Gasteiger charge is 2.15. The maximum atomic E-state index is 5.55. The summed E-state index contributed by atoms with van der Waals surface area (Å²) in [6, 6.07) is 16.4. The Morgan fingerprint density at radius 2 is 1.92 bits per heavy atom. The summed E-state index contributed by atoms with van der Waals surface area (Å²) < 4.78 is 0. The fraction of sp³-hybridized carbons (Fsp3) is 0.0909. The zero-order valence-corrected chi connectivity index (χ0v) is 20.7. The lowest BCUT2D eigenvalue weighted by Gasteiger charge is -2.10. The van der Waals surface area contributed by atoms with E-state index in [1.807, 2.05) is 37.3 Å². The van der Waals surface area contributed by atoms with Crippen LogP contribution in [0.4, 0.5) is 0 Å². The molecule has 1 aliphatic rings. The predicted molar refractivity (Wildman–Crippen MR) is 156 cm³/mol. The number of hydrogen-bond acceptors (Lipinski definition) is 4. The minimum Gasteiger partial charge on any atom is -0.259 e. The Hall–Kier alpha value is -4.88. The normalized spacial score (nSPS) is 13.9. The quantitative estimate of drug-likeness (QED) is 0.126. The number of hydrogen-bond donors (Lipinski definition) is 0. The molecule has 0 aliphatic heterocycles. The average molecular weight is 479 g/mol. The van der Waals surface area contributed by atoms with Crippen LogP contribution in [-0.4, -0.2) is 21.2 Å². The van der Waals surface area contributed by atoms with E-state index in [0.717, 1.165) is 67.7 Å². The smallest absolute Gasteiger partial charge is 0.0972 e. The van der Waals surface area contributed by atoms with Crippen LogP contribution in [0.3, 0.4) is 0 Å². The second-order valence-electron chi connectivity index (χ2n) is 8.58. The van der Waals surface area contributed by atoms with Gasteiger partial charge in [-0.1, -0.05) is 67.1 Å². The van der Waals surface area contributed by atoms with Gasteiger partial charge in [-0.05, 0) is 54.8 Å². The zero-order chi connectivity index (χ0) is 25.6. The first kappa shape index (κ1) is 23.8. The van der Waals surface area contributed by atoms with Gasteiger partial charge in [-0.3, -0.25) is 15.0 Å². The van der Waals surface area contributed by atoms with Gasteiger partial charge >= 0.3 is 0 Å². The van der Waals surface area contributed by atoms with Crippen molar-refractivity contribution in [1.29, 1.82) is 0 Å². The molecule has 178 valence electrons. The predicted octanol–water partition coefficient (Wildman–Crippen LogP) is 7.40. The highest BCUT2D eigenvalue weighted by molar-refractivity contribution is 6.03. The molecular formula is C33H26N4. The molecule has 4 heteroatoms. The van der Waals surface area contributed by atoms with Gasteiger partial charge < -0.3 is 0 Å². The third-order valence-electron chi connectivity index (χ3n) is 6.27. The summed E-state index contributed by atoms with van der Waals surface area (Å²) in [5, 5.41) is 2.11. The van der Waals surface area contributed by atoms with Gasteiger partial charge in [0.25, 0.3) is 0 Å². The molecule has 4 aromatic rings. The van der Waals surface area contributed by atoms with E-state index in [2.05, 4.69) is 71.0 Å². The second-order valence-corrected chi connectivity index (χ2v) is 8.58. The van der Waals surface area contributed by atoms with Gasteiger partial charge in [0, 0.05) is 40.9 Å². The van der Waals surface area contributed by atoms with Crippen LogP contribution >= 0.6 is 0 Å². The second kappa shape index (κ2) is 10.8. The van der Waals surface area contributed by atoms with Crippen LogP contribution in [-0.2, 0) is 6.42 Å². The number of aromatic nitrogens is 3. The van der Waals surface area contributed by atoms with Crippen molar-refractivity contribution in [3.8, 4) is 12.3 Å². The summed E-state index contributed by atoms with van der Waals surface area (Å²) in [4.78, 5) is 19.2. The van der Waals surface area contributed by atoms with Gasteiger partial charge in [0.1, 0.15) is 0 Å². The lowest BCUT2D eigenvalue weighted by atomic mass is 10.0. The van der Waals surface area contributed by atoms with Crippen molar-refractivity contribution >= 4 is 45.4 Å². The van der Waals surface area contributed by atoms with Crippen molar-refractivity contribution in [2.45, 2.75) is 19.8 Å². The Morgan fingerprint density at radius 3 is 2.73 bits per heavy atom. The molecule has 0 bridgehead atoms. The van der Waals surface area contributed by atoms with Crippen LogP contribution in [0.5, 0.6) is 0 Å². The van der Waals surface area contributed by atoms with Crippen LogP contribution in [0.1, 0.15) is 36.0 Å². The van der Waals surface area contributed by atoms with Crippen LogP contribution in [0.15, 0.2) is 102 Å². The van der Waals surface area contributed by atoms with Crippen LogP contribution in [0.2, 0.25) is 0 Å². The summed E-state index contributed by atoms with van der Waals surface area (Å²) in [6.45, 7) is 5.89. The number of benzene rings is 1. The van der Waals surface area contributed by atoms with Gasteiger partial charge in [-0.25, -0.2) is 4.98 Å². The molecule has 0 radical (unpaired) electrons. The lowest BCUT2D eigenvalue weighted by molar-refractivity contribution is 1.08. The molecule has 0 saturated heterocycles. The fourth-order valence-corrected chi connectivity index (χ4v) is 4.46. The average Bonchev–Trinajstić information content (AvgIpc) is 3.11. The number of aliphatic imine (C=N–C) groups is 1. The van der Waals surface area contributed by atoms with Crippen molar-refractivity contribution in [3.63, 3.8) is 0 Å². The standard InChI is InChI=1S/C33H26N4/c1-4-7-10-24(29-21-18-27-15-14-25-13-9-22-35-31(25)33(27)37-29)16-19-28-20-17-26-12-8-11-23(5-2)30(34-6-3)32(26)36-28/h1,5-10,12-18,20-22H,2,11,19H2,3H3/b10-7-,24-16+,34-6-. The number of terminal acetylenes is 1. The molecule has 3 aromatic heterocycles. The van der Waals surface area contributed by atoms with Crippen molar-refractivity contribution in [2.24, 2.45) is 4.99 Å². The monoisotopic (exact) mass is 478 g/mol. The summed E-state index contributed by atoms with van der Waals surface area (Å²) in [5.41, 5.74) is 8.30. The lowest BCUT2D eigenvalue weighted by Crippen LogP contribution is -1.99. The highest BCUT2D eigenvalue weighted by atomic mass is 14.8. The highest BCUT2D eigenvalue weighted by Crippen LogP contribution is 2.30. The van der Waals surface area contributed by atoms with Crippen molar-refractivity contribution in [1.82, 2.24) is 15.0 Å². The van der Waals surface area contributed by atoms with Crippen LogP contribution < -0.4 is 0 Å². The number of fused-ring (bicyclic) bond motifs is 4. The van der Waals surface area contributed by atoms with E-state index in [9.17, 15) is 0 Å². The fourth-order valence-electron chi connectivity index (χ4n) is 4.46.